The van der Waals surface area contributed by atoms with Crippen molar-refractivity contribution in [3.05, 3.63) is 22.4 Å². The van der Waals surface area contributed by atoms with Crippen LogP contribution in [0.2, 0.25) is 0 Å². The number of likely N-dealkylation sites (N-methyl/N-ethyl adjacent to an activating group) is 1. The minimum atomic E-state index is -1.09. The van der Waals surface area contributed by atoms with Gasteiger partial charge in [0.2, 0.25) is 5.91 Å². The van der Waals surface area contributed by atoms with Crippen LogP contribution < -0.4 is 11.1 Å². The minimum Gasteiger partial charge on any atom is -0.480 e. The normalized spacial score (nSPS) is 11.6. The number of hydrogen-bond donors (Lipinski definition) is 3. The van der Waals surface area contributed by atoms with E-state index >= 15 is 0 Å². The van der Waals surface area contributed by atoms with E-state index in [0.29, 0.717) is 0 Å². The molecule has 0 spiro atoms. The molecule has 0 aromatic carbocycles. The molecule has 104 valence electrons. The van der Waals surface area contributed by atoms with Crippen molar-refractivity contribution in [3.63, 3.8) is 0 Å². The highest BCUT2D eigenvalue weighted by Crippen LogP contribution is 2.22. The number of amides is 3. The standard InChI is InChI=1S/C11H15N3O4S/c1-14(6-10(16)17)9(15)5-7(13-11(12)18)8-3-2-4-19-8/h2-4,7H,5-6H2,1H3,(H,16,17)(H3,12,13,18). The molecule has 0 saturated heterocycles. The minimum absolute atomic E-state index is 0.0345. The van der Waals surface area contributed by atoms with E-state index in [1.165, 1.54) is 18.4 Å². The fourth-order valence-corrected chi connectivity index (χ4v) is 2.28. The van der Waals surface area contributed by atoms with Crippen LogP contribution in [-0.4, -0.2) is 41.5 Å². The number of nitrogens with zero attached hydrogens (tertiary/aromatic N) is 1. The number of carboxylic acid groups (broad SMARTS) is 1. The molecule has 0 bridgehead atoms. The second-order valence-corrected chi connectivity index (χ2v) is 4.90. The van der Waals surface area contributed by atoms with Crippen LogP contribution in [-0.2, 0) is 9.59 Å². The van der Waals surface area contributed by atoms with Crippen molar-refractivity contribution in [1.29, 1.82) is 0 Å². The van der Waals surface area contributed by atoms with Gasteiger partial charge in [-0.15, -0.1) is 11.3 Å². The van der Waals surface area contributed by atoms with Crippen LogP contribution in [0.1, 0.15) is 17.3 Å². The van der Waals surface area contributed by atoms with Gasteiger partial charge in [0.05, 0.1) is 12.5 Å². The Morgan fingerprint density at radius 1 is 1.53 bits per heavy atom. The Labute approximate surface area is 114 Å². The summed E-state index contributed by atoms with van der Waals surface area (Å²) in [6.07, 6.45) is -0.0345. The average Bonchev–Trinajstić information content (AvgIpc) is 2.79. The maximum absolute atomic E-state index is 11.8. The molecule has 0 aliphatic rings. The van der Waals surface area contributed by atoms with Gasteiger partial charge in [-0.25, -0.2) is 4.79 Å². The van der Waals surface area contributed by atoms with Gasteiger partial charge < -0.3 is 21.1 Å². The van der Waals surface area contributed by atoms with Crippen molar-refractivity contribution in [3.8, 4) is 0 Å². The lowest BCUT2D eigenvalue weighted by Gasteiger charge is -2.20. The first-order chi connectivity index (χ1) is 8.90. The van der Waals surface area contributed by atoms with Crippen LogP contribution in [0, 0.1) is 0 Å². The molecule has 7 nitrogen and oxygen atoms in total. The molecule has 19 heavy (non-hydrogen) atoms. The van der Waals surface area contributed by atoms with Gasteiger partial charge in [-0.3, -0.25) is 9.59 Å². The van der Waals surface area contributed by atoms with Crippen LogP contribution in [0.4, 0.5) is 4.79 Å². The molecule has 0 aliphatic carbocycles. The van der Waals surface area contributed by atoms with E-state index in [4.69, 9.17) is 10.8 Å². The van der Waals surface area contributed by atoms with Crippen molar-refractivity contribution in [2.24, 2.45) is 5.73 Å². The van der Waals surface area contributed by atoms with Gasteiger partial charge in [-0.05, 0) is 11.4 Å². The summed E-state index contributed by atoms with van der Waals surface area (Å²) in [5.74, 6) is -1.47. The maximum atomic E-state index is 11.8. The van der Waals surface area contributed by atoms with Crippen LogP contribution in [0.25, 0.3) is 0 Å². The highest BCUT2D eigenvalue weighted by atomic mass is 32.1. The van der Waals surface area contributed by atoms with Gasteiger partial charge in [0.15, 0.2) is 0 Å². The first kappa shape index (κ1) is 15.0. The summed E-state index contributed by atoms with van der Waals surface area (Å²) in [4.78, 5) is 35.2. The third-order valence-corrected chi connectivity index (χ3v) is 3.37. The summed E-state index contributed by atoms with van der Waals surface area (Å²) in [6.45, 7) is -0.382. The second-order valence-electron chi connectivity index (χ2n) is 3.92. The molecule has 0 radical (unpaired) electrons. The predicted molar refractivity (Wildman–Crippen MR) is 69.7 cm³/mol. The number of nitrogens with one attached hydrogen (secondary N) is 1. The van der Waals surface area contributed by atoms with E-state index in [-0.39, 0.29) is 18.9 Å². The van der Waals surface area contributed by atoms with Gasteiger partial charge in [0.25, 0.3) is 0 Å². The number of primary amides is 1. The number of hydrogen-bond acceptors (Lipinski definition) is 4. The van der Waals surface area contributed by atoms with Crippen molar-refractivity contribution < 1.29 is 19.5 Å². The largest absolute Gasteiger partial charge is 0.480 e. The zero-order chi connectivity index (χ0) is 14.4. The number of carboxylic acids is 1. The lowest BCUT2D eigenvalue weighted by molar-refractivity contribution is -0.143. The van der Waals surface area contributed by atoms with Crippen LogP contribution in [0.15, 0.2) is 17.5 Å². The zero-order valence-electron chi connectivity index (χ0n) is 10.3. The molecule has 0 saturated carbocycles. The molecule has 1 aromatic heterocycles. The molecule has 8 heteroatoms. The molecular formula is C11H15N3O4S. The summed E-state index contributed by atoms with van der Waals surface area (Å²) >= 11 is 1.38. The maximum Gasteiger partial charge on any atom is 0.323 e. The van der Waals surface area contributed by atoms with Gasteiger partial charge in [0, 0.05) is 11.9 Å². The topological polar surface area (TPSA) is 113 Å². The number of aliphatic carboxylic acids is 1. The summed E-state index contributed by atoms with van der Waals surface area (Å²) in [7, 11) is 1.40. The van der Waals surface area contributed by atoms with E-state index in [1.54, 1.807) is 12.1 Å². The predicted octanol–water partition coefficient (Wildman–Crippen LogP) is 0.391. The third kappa shape index (κ3) is 4.96. The van der Waals surface area contributed by atoms with Crippen molar-refractivity contribution in [2.75, 3.05) is 13.6 Å². The molecule has 3 amide bonds. The smallest absolute Gasteiger partial charge is 0.323 e. The molecular weight excluding hydrogens is 270 g/mol. The first-order valence-corrected chi connectivity index (χ1v) is 6.33. The van der Waals surface area contributed by atoms with Crippen LogP contribution in [0.3, 0.4) is 0 Å². The van der Waals surface area contributed by atoms with E-state index < -0.39 is 18.0 Å². The van der Waals surface area contributed by atoms with Crippen molar-refractivity contribution >= 4 is 29.2 Å². The van der Waals surface area contributed by atoms with E-state index in [9.17, 15) is 14.4 Å². The first-order valence-electron chi connectivity index (χ1n) is 5.45. The lowest BCUT2D eigenvalue weighted by Crippen LogP contribution is -2.38. The SMILES string of the molecule is CN(CC(=O)O)C(=O)CC(NC(N)=O)c1cccs1. The van der Waals surface area contributed by atoms with E-state index in [2.05, 4.69) is 5.32 Å². The second kappa shape index (κ2) is 6.74. The lowest BCUT2D eigenvalue weighted by atomic mass is 10.1. The number of thiophene rings is 1. The summed E-state index contributed by atoms with van der Waals surface area (Å²) < 4.78 is 0. The number of nitrogens with two attached hydrogens (primary N) is 1. The van der Waals surface area contributed by atoms with E-state index in [1.807, 2.05) is 5.38 Å². The number of rotatable bonds is 6. The Morgan fingerprint density at radius 3 is 2.68 bits per heavy atom. The quantitative estimate of drug-likeness (QED) is 0.701. The van der Waals surface area contributed by atoms with Crippen LogP contribution in [0.5, 0.6) is 0 Å². The molecule has 1 unspecified atom stereocenters. The molecule has 1 atom stereocenters. The van der Waals surface area contributed by atoms with Crippen molar-refractivity contribution in [1.82, 2.24) is 10.2 Å². The van der Waals surface area contributed by atoms with Crippen molar-refractivity contribution in [2.45, 2.75) is 12.5 Å². The Bertz CT molecular complexity index is 461. The molecule has 1 rings (SSSR count). The summed E-state index contributed by atoms with van der Waals surface area (Å²) in [5.41, 5.74) is 5.07. The fourth-order valence-electron chi connectivity index (χ4n) is 1.51. The zero-order valence-corrected chi connectivity index (χ0v) is 11.1. The Hall–Kier alpha value is -2.09. The Kier molecular flexibility index (Phi) is 5.31. The summed E-state index contributed by atoms with van der Waals surface area (Å²) in [5, 5.41) is 12.9. The highest BCUT2D eigenvalue weighted by Gasteiger charge is 2.21. The number of carbonyl (C=O) groups is 3. The Balaban J connectivity index is 2.70. The molecule has 1 aromatic rings. The third-order valence-electron chi connectivity index (χ3n) is 2.38. The monoisotopic (exact) mass is 285 g/mol. The van der Waals surface area contributed by atoms with Crippen LogP contribution >= 0.6 is 11.3 Å². The van der Waals surface area contributed by atoms with E-state index in [0.717, 1.165) is 9.78 Å². The van der Waals surface area contributed by atoms with Gasteiger partial charge in [0.1, 0.15) is 6.54 Å². The average molecular weight is 285 g/mol. The summed E-state index contributed by atoms with van der Waals surface area (Å²) in [6, 6.07) is 2.30. The Morgan fingerprint density at radius 2 is 2.21 bits per heavy atom. The molecule has 0 fully saturated rings. The molecule has 1 heterocycles. The van der Waals surface area contributed by atoms with Gasteiger partial charge >= 0.3 is 12.0 Å². The molecule has 0 aliphatic heterocycles. The molecule has 4 N–H and O–H groups in total. The number of urea groups is 1. The highest BCUT2D eigenvalue weighted by molar-refractivity contribution is 7.10. The fraction of sp³-hybridized carbons (Fsp3) is 0.364. The van der Waals surface area contributed by atoms with Gasteiger partial charge in [-0.2, -0.15) is 0 Å². The number of carbonyl (C=O) groups excluding carboxylic acids is 2. The van der Waals surface area contributed by atoms with Gasteiger partial charge in [-0.1, -0.05) is 6.07 Å².